The molecule has 0 nitrogen and oxygen atoms in total. The third kappa shape index (κ3) is 56.6. The normalized spacial score (nSPS) is 3.75. The van der Waals surface area contributed by atoms with Gasteiger partial charge in [0, 0.05) is 0 Å². The minimum Gasteiger partial charge on any atom is -0.358 e. The fourth-order valence-corrected chi connectivity index (χ4v) is 0. The van der Waals surface area contributed by atoms with Gasteiger partial charge in [0.15, 0.2) is 0 Å². The summed E-state index contributed by atoms with van der Waals surface area (Å²) in [4.78, 5) is 0. The van der Waals surface area contributed by atoms with Crippen molar-refractivity contribution in [2.24, 2.45) is 0 Å². The Labute approximate surface area is 78.9 Å². The summed E-state index contributed by atoms with van der Waals surface area (Å²) < 4.78 is 1.29. The van der Waals surface area contributed by atoms with Crippen LogP contribution in [0.2, 0.25) is 0 Å². The van der Waals surface area contributed by atoms with Gasteiger partial charge in [0.25, 0.3) is 0 Å². The molecule has 0 atom stereocenters. The van der Waals surface area contributed by atoms with E-state index >= 15 is 0 Å². The van der Waals surface area contributed by atoms with Crippen molar-refractivity contribution in [3.05, 3.63) is 14.9 Å². The molecule has 0 N–H and O–H groups in total. The van der Waals surface area contributed by atoms with Crippen molar-refractivity contribution in [2.75, 3.05) is 4.43 Å². The molecule has 0 aliphatic rings. The average molecular weight is 275 g/mol. The number of hydrogen-bond donors (Lipinski definition) is 0. The Morgan fingerprint density at radius 2 is 1.38 bits per heavy atom. The van der Waals surface area contributed by atoms with E-state index in [-0.39, 0.29) is 38.8 Å². The molecule has 0 radical (unpaired) electrons. The van der Waals surface area contributed by atoms with E-state index in [1.807, 2.05) is 0 Å². The van der Waals surface area contributed by atoms with Gasteiger partial charge >= 0.3 is 16.5 Å². The molecule has 0 spiro atoms. The summed E-state index contributed by atoms with van der Waals surface area (Å²) in [5, 5.41) is 0. The first-order valence-electron chi connectivity index (χ1n) is 1.47. The van der Waals surface area contributed by atoms with Crippen molar-refractivity contribution < 1.29 is 16.5 Å². The average Bonchev–Trinajstić information content (AvgIpc) is 1.37. The fourth-order valence-electron chi connectivity index (χ4n) is 0. The van der Waals surface area contributed by atoms with Crippen LogP contribution in [0.1, 0.15) is 20.8 Å². The van der Waals surface area contributed by atoms with Crippen LogP contribution >= 0.6 is 22.6 Å². The Hall–Kier alpha value is 1.22. The number of hydrogen-bond acceptors (Lipinski definition) is 0. The third-order valence-electron chi connectivity index (χ3n) is 0.189. The van der Waals surface area contributed by atoms with Gasteiger partial charge in [-0.1, -0.05) is 36.9 Å². The molecular weight excluding hydrogens is 258 g/mol. The van der Waals surface area contributed by atoms with Gasteiger partial charge in [0.2, 0.25) is 0 Å². The fraction of sp³-hybridized carbons (Fsp3) is 0.667. The molecule has 58 valence electrons. The van der Waals surface area contributed by atoms with Crippen LogP contribution < -0.4 is 0 Å². The van der Waals surface area contributed by atoms with Gasteiger partial charge in [0.1, 0.15) is 0 Å². The van der Waals surface area contributed by atoms with Crippen molar-refractivity contribution in [3.63, 3.8) is 0 Å². The van der Waals surface area contributed by atoms with Crippen molar-refractivity contribution in [2.45, 2.75) is 20.8 Å². The van der Waals surface area contributed by atoms with E-state index in [1.165, 1.54) is 10.8 Å². The van der Waals surface area contributed by atoms with Crippen molar-refractivity contribution >= 4 is 22.6 Å². The van der Waals surface area contributed by atoms with E-state index in [2.05, 4.69) is 29.5 Å². The minimum atomic E-state index is 0. The Morgan fingerprint density at radius 1 is 1.25 bits per heavy atom. The second kappa shape index (κ2) is 41.3. The molecule has 0 amide bonds. The third-order valence-corrected chi connectivity index (χ3v) is 1.27. The predicted molar refractivity (Wildman–Crippen MR) is 48.7 cm³/mol. The minimum absolute atomic E-state index is 0. The van der Waals surface area contributed by atoms with Crippen LogP contribution in [0.15, 0.2) is 0 Å². The van der Waals surface area contributed by atoms with Crippen molar-refractivity contribution in [1.29, 1.82) is 0 Å². The summed E-state index contributed by atoms with van der Waals surface area (Å²) in [6, 6.07) is 0. The molecule has 0 heterocycles. The van der Waals surface area contributed by atoms with Crippen LogP contribution in [-0.4, -0.2) is 4.43 Å². The second-order valence-electron chi connectivity index (χ2n) is 0.689. The molecule has 0 aliphatic carbocycles. The molecule has 0 aromatic carbocycles. The van der Waals surface area contributed by atoms with E-state index in [0.717, 1.165) is 0 Å². The van der Waals surface area contributed by atoms with Gasteiger partial charge in [-0.2, -0.15) is 0 Å². The van der Waals surface area contributed by atoms with Gasteiger partial charge in [-0.05, 0) is 10.8 Å². The van der Waals surface area contributed by atoms with Gasteiger partial charge in [0.05, 0.1) is 0 Å². The predicted octanol–water partition coefficient (Wildman–Crippen LogP) is 3.37. The molecule has 2 heteroatoms. The van der Waals surface area contributed by atoms with Crippen LogP contribution in [0.3, 0.4) is 0 Å². The summed E-state index contributed by atoms with van der Waals surface area (Å²) in [5.41, 5.74) is 0. The molecule has 0 aromatic heterocycles. The first-order valence-corrected chi connectivity index (χ1v) is 3.00. The molecule has 0 fully saturated rings. The summed E-state index contributed by atoms with van der Waals surface area (Å²) >= 11 is 2.35. The van der Waals surface area contributed by atoms with Crippen LogP contribution in [0.25, 0.3) is 0 Å². The van der Waals surface area contributed by atoms with Crippen LogP contribution in [0.5, 0.6) is 0 Å². The number of rotatable bonds is 1. The van der Waals surface area contributed by atoms with Gasteiger partial charge in [-0.25, -0.2) is 0 Å². The summed E-state index contributed by atoms with van der Waals surface area (Å²) in [7, 11) is 0. The number of alkyl halides is 1. The molecule has 0 saturated carbocycles. The molecule has 0 saturated heterocycles. The van der Waals surface area contributed by atoms with Crippen LogP contribution in [-0.2, 0) is 16.5 Å². The van der Waals surface area contributed by atoms with Crippen molar-refractivity contribution in [1.82, 2.24) is 0 Å². The second-order valence-corrected chi connectivity index (χ2v) is 1.77. The zero-order valence-electron chi connectivity index (χ0n) is 5.11. The van der Waals surface area contributed by atoms with Gasteiger partial charge in [-0.3, -0.25) is 0 Å². The summed E-state index contributed by atoms with van der Waals surface area (Å²) in [6.07, 6.45) is 1.31. The first-order chi connectivity index (χ1) is 1.91. The Morgan fingerprint density at radius 3 is 1.38 bits per heavy atom. The molecule has 0 unspecified atom stereocenters. The van der Waals surface area contributed by atoms with Crippen LogP contribution in [0.4, 0.5) is 0 Å². The standard InChI is InChI=1S/C3H7I.CH4.2CH3.Ni/c1-2-3-4;;;;/h2-3H2,1H3;1H4;2*1H3;/q;;2*-1;+2. The molecule has 0 rings (SSSR count). The molecule has 0 aromatic rings. The topological polar surface area (TPSA) is 0 Å². The summed E-state index contributed by atoms with van der Waals surface area (Å²) in [5.74, 6) is 0. The Balaban J connectivity index is -0.00000000750. The van der Waals surface area contributed by atoms with E-state index in [9.17, 15) is 0 Å². The molecule has 0 aliphatic heterocycles. The van der Waals surface area contributed by atoms with Crippen LogP contribution in [0, 0.1) is 14.9 Å². The van der Waals surface area contributed by atoms with E-state index in [1.54, 1.807) is 0 Å². The largest absolute Gasteiger partial charge is 2.00 e. The van der Waals surface area contributed by atoms with E-state index in [4.69, 9.17) is 0 Å². The quantitative estimate of drug-likeness (QED) is 0.298. The summed E-state index contributed by atoms with van der Waals surface area (Å²) in [6.45, 7) is 2.17. The molecule has 0 bridgehead atoms. The van der Waals surface area contributed by atoms with Crippen molar-refractivity contribution in [3.8, 4) is 0 Å². The van der Waals surface area contributed by atoms with Gasteiger partial charge in [-0.15, -0.1) is 0 Å². The maximum absolute atomic E-state index is 2.35. The number of halogens is 1. The molecule has 8 heavy (non-hydrogen) atoms. The maximum atomic E-state index is 2.35. The maximum Gasteiger partial charge on any atom is 2.00 e. The Kier molecular flexibility index (Phi) is 180. The smallest absolute Gasteiger partial charge is 0.358 e. The zero-order chi connectivity index (χ0) is 3.41. The van der Waals surface area contributed by atoms with E-state index in [0.29, 0.717) is 0 Å². The van der Waals surface area contributed by atoms with Gasteiger partial charge < -0.3 is 14.9 Å². The SMILES string of the molecule is C.CCCI.[CH3-].[CH3-].[Ni+2]. The van der Waals surface area contributed by atoms with E-state index < -0.39 is 0 Å². The monoisotopic (exact) mass is 274 g/mol. The zero-order valence-corrected chi connectivity index (χ0v) is 8.25. The first kappa shape index (κ1) is 35.0. The molecular formula is C6H17INi. The Bertz CT molecular complexity index is 10.5.